The Morgan fingerprint density at radius 1 is 1.41 bits per heavy atom. The fraction of sp³-hybridized carbons (Fsp3) is 0.545. The molecule has 1 aromatic rings. The molecule has 6 heteroatoms. The molecule has 17 heavy (non-hydrogen) atoms. The number of hydrogen-bond donors (Lipinski definition) is 1. The molecule has 0 aliphatic carbocycles. The monoisotopic (exact) mass is 237 g/mol. The van der Waals surface area contributed by atoms with Crippen molar-refractivity contribution in [2.45, 2.75) is 13.8 Å². The quantitative estimate of drug-likeness (QED) is 0.800. The summed E-state index contributed by atoms with van der Waals surface area (Å²) in [5.41, 5.74) is 5.50. The number of carbonyl (C=O) groups excluding carboxylic acids is 1. The molecule has 0 atom stereocenters. The minimum Gasteiger partial charge on any atom is -0.368 e. The molecule has 0 fully saturated rings. The van der Waals surface area contributed by atoms with Crippen molar-refractivity contribution in [3.05, 3.63) is 12.3 Å². The van der Waals surface area contributed by atoms with Crippen LogP contribution >= 0.6 is 0 Å². The molecule has 1 rings (SSSR count). The number of hydrogen-bond acceptors (Lipinski definition) is 5. The van der Waals surface area contributed by atoms with Crippen LogP contribution < -0.4 is 10.6 Å². The average molecular weight is 237 g/mol. The van der Waals surface area contributed by atoms with Gasteiger partial charge in [0.1, 0.15) is 5.82 Å². The number of nitrogen functional groups attached to an aromatic ring is 1. The number of likely N-dealkylation sites (N-methyl/N-ethyl adjacent to an activating group) is 2. The standard InChI is InChI=1S/C11H19N5O/c1-4-16(5-2)10(17)8-15(3)9-6-7-13-11(12)14-9/h6-7H,4-5,8H2,1-3H3,(H2,12,13,14). The maximum Gasteiger partial charge on any atom is 0.242 e. The molecule has 2 N–H and O–H groups in total. The first-order valence-electron chi connectivity index (χ1n) is 5.65. The Bertz CT molecular complexity index is 378. The van der Waals surface area contributed by atoms with Gasteiger partial charge in [-0.2, -0.15) is 4.98 Å². The summed E-state index contributed by atoms with van der Waals surface area (Å²) in [7, 11) is 1.81. The maximum atomic E-state index is 11.9. The largest absolute Gasteiger partial charge is 0.368 e. The zero-order valence-electron chi connectivity index (χ0n) is 10.6. The number of nitrogens with two attached hydrogens (primary N) is 1. The van der Waals surface area contributed by atoms with Gasteiger partial charge >= 0.3 is 0 Å². The fourth-order valence-corrected chi connectivity index (χ4v) is 1.54. The van der Waals surface area contributed by atoms with Gasteiger partial charge in [-0.15, -0.1) is 0 Å². The normalized spacial score (nSPS) is 10.1. The predicted octanol–water partition coefficient (Wildman–Crippen LogP) is 0.363. The zero-order valence-corrected chi connectivity index (χ0v) is 10.6. The van der Waals surface area contributed by atoms with Crippen molar-refractivity contribution in [1.82, 2.24) is 14.9 Å². The second kappa shape index (κ2) is 6.03. The third kappa shape index (κ3) is 3.58. The summed E-state index contributed by atoms with van der Waals surface area (Å²) in [5.74, 6) is 0.942. The number of carbonyl (C=O) groups is 1. The van der Waals surface area contributed by atoms with Crippen molar-refractivity contribution in [1.29, 1.82) is 0 Å². The molecule has 0 spiro atoms. The summed E-state index contributed by atoms with van der Waals surface area (Å²) in [5, 5.41) is 0. The Hall–Kier alpha value is -1.85. The smallest absolute Gasteiger partial charge is 0.242 e. The van der Waals surface area contributed by atoms with E-state index >= 15 is 0 Å². The highest BCUT2D eigenvalue weighted by Crippen LogP contribution is 2.08. The number of rotatable bonds is 5. The average Bonchev–Trinajstić information content (AvgIpc) is 2.30. The molecule has 94 valence electrons. The van der Waals surface area contributed by atoms with Crippen LogP contribution in [0.25, 0.3) is 0 Å². The Labute approximate surface area is 101 Å². The van der Waals surface area contributed by atoms with Crippen LogP contribution in [0.5, 0.6) is 0 Å². The van der Waals surface area contributed by atoms with E-state index in [0.29, 0.717) is 5.82 Å². The van der Waals surface area contributed by atoms with Crippen LogP contribution in [0.15, 0.2) is 12.3 Å². The Balaban J connectivity index is 2.66. The molecule has 0 bridgehead atoms. The number of amides is 1. The van der Waals surface area contributed by atoms with Gasteiger partial charge in [-0.3, -0.25) is 4.79 Å². The molecular formula is C11H19N5O. The second-order valence-corrected chi connectivity index (χ2v) is 3.70. The summed E-state index contributed by atoms with van der Waals surface area (Å²) in [6, 6.07) is 1.73. The van der Waals surface area contributed by atoms with Crippen molar-refractivity contribution in [2.24, 2.45) is 0 Å². The van der Waals surface area contributed by atoms with Crippen LogP contribution in [-0.4, -0.2) is 47.5 Å². The van der Waals surface area contributed by atoms with E-state index in [1.807, 2.05) is 20.9 Å². The van der Waals surface area contributed by atoms with Gasteiger partial charge in [-0.1, -0.05) is 0 Å². The highest BCUT2D eigenvalue weighted by molar-refractivity contribution is 5.81. The van der Waals surface area contributed by atoms with E-state index in [1.54, 1.807) is 22.1 Å². The van der Waals surface area contributed by atoms with Gasteiger partial charge < -0.3 is 15.5 Å². The molecule has 1 amide bonds. The highest BCUT2D eigenvalue weighted by atomic mass is 16.2. The summed E-state index contributed by atoms with van der Waals surface area (Å²) < 4.78 is 0. The molecule has 0 radical (unpaired) electrons. The summed E-state index contributed by atoms with van der Waals surface area (Å²) in [6.45, 7) is 5.65. The molecule has 0 saturated carbocycles. The van der Waals surface area contributed by atoms with Crippen LogP contribution in [0.1, 0.15) is 13.8 Å². The molecule has 1 heterocycles. The lowest BCUT2D eigenvalue weighted by atomic mass is 10.4. The van der Waals surface area contributed by atoms with E-state index in [2.05, 4.69) is 9.97 Å². The summed E-state index contributed by atoms with van der Waals surface area (Å²) >= 11 is 0. The second-order valence-electron chi connectivity index (χ2n) is 3.70. The van der Waals surface area contributed by atoms with Gasteiger partial charge in [0.05, 0.1) is 6.54 Å². The van der Waals surface area contributed by atoms with Gasteiger partial charge in [-0.05, 0) is 19.9 Å². The predicted molar refractivity (Wildman–Crippen MR) is 67.6 cm³/mol. The van der Waals surface area contributed by atoms with E-state index in [9.17, 15) is 4.79 Å². The maximum absolute atomic E-state index is 11.9. The van der Waals surface area contributed by atoms with Gasteiger partial charge in [0.2, 0.25) is 11.9 Å². The zero-order chi connectivity index (χ0) is 12.8. The van der Waals surface area contributed by atoms with Crippen LogP contribution in [-0.2, 0) is 4.79 Å². The van der Waals surface area contributed by atoms with E-state index in [1.165, 1.54) is 0 Å². The van der Waals surface area contributed by atoms with Crippen molar-refractivity contribution in [3.63, 3.8) is 0 Å². The van der Waals surface area contributed by atoms with Gasteiger partial charge in [-0.25, -0.2) is 4.98 Å². The number of anilines is 2. The Morgan fingerprint density at radius 3 is 2.59 bits per heavy atom. The third-order valence-electron chi connectivity index (χ3n) is 2.54. The van der Waals surface area contributed by atoms with E-state index < -0.39 is 0 Å². The molecular weight excluding hydrogens is 218 g/mol. The molecule has 0 saturated heterocycles. The first kappa shape index (κ1) is 13.2. The lowest BCUT2D eigenvalue weighted by Crippen LogP contribution is -2.39. The topological polar surface area (TPSA) is 75.4 Å². The van der Waals surface area contributed by atoms with Crippen LogP contribution in [0.3, 0.4) is 0 Å². The molecule has 0 aromatic carbocycles. The van der Waals surface area contributed by atoms with Crippen LogP contribution in [0, 0.1) is 0 Å². The van der Waals surface area contributed by atoms with Crippen LogP contribution in [0.4, 0.5) is 11.8 Å². The number of nitrogens with zero attached hydrogens (tertiary/aromatic N) is 4. The Morgan fingerprint density at radius 2 is 2.06 bits per heavy atom. The van der Waals surface area contributed by atoms with E-state index in [-0.39, 0.29) is 18.4 Å². The first-order chi connectivity index (χ1) is 8.08. The lowest BCUT2D eigenvalue weighted by Gasteiger charge is -2.23. The van der Waals surface area contributed by atoms with Crippen molar-refractivity contribution in [2.75, 3.05) is 37.3 Å². The summed E-state index contributed by atoms with van der Waals surface area (Å²) in [6.07, 6.45) is 1.58. The lowest BCUT2D eigenvalue weighted by molar-refractivity contribution is -0.129. The summed E-state index contributed by atoms with van der Waals surface area (Å²) in [4.78, 5) is 23.3. The molecule has 0 aliphatic heterocycles. The van der Waals surface area contributed by atoms with Crippen molar-refractivity contribution >= 4 is 17.7 Å². The molecule has 0 unspecified atom stereocenters. The molecule has 1 aromatic heterocycles. The molecule has 6 nitrogen and oxygen atoms in total. The third-order valence-corrected chi connectivity index (χ3v) is 2.54. The number of aromatic nitrogens is 2. The Kier molecular flexibility index (Phi) is 4.68. The first-order valence-corrected chi connectivity index (χ1v) is 5.65. The van der Waals surface area contributed by atoms with Crippen molar-refractivity contribution in [3.8, 4) is 0 Å². The minimum atomic E-state index is 0.0784. The van der Waals surface area contributed by atoms with Gasteiger partial charge in [0.25, 0.3) is 0 Å². The van der Waals surface area contributed by atoms with Gasteiger partial charge in [0.15, 0.2) is 0 Å². The highest BCUT2D eigenvalue weighted by Gasteiger charge is 2.13. The van der Waals surface area contributed by atoms with E-state index in [4.69, 9.17) is 5.73 Å². The van der Waals surface area contributed by atoms with E-state index in [0.717, 1.165) is 13.1 Å². The van der Waals surface area contributed by atoms with Crippen LogP contribution in [0.2, 0.25) is 0 Å². The SMILES string of the molecule is CCN(CC)C(=O)CN(C)c1ccnc(N)n1. The van der Waals surface area contributed by atoms with Gasteiger partial charge in [0, 0.05) is 26.3 Å². The van der Waals surface area contributed by atoms with Crippen molar-refractivity contribution < 1.29 is 4.79 Å². The fourth-order valence-electron chi connectivity index (χ4n) is 1.54. The minimum absolute atomic E-state index is 0.0784. The molecule has 0 aliphatic rings.